The van der Waals surface area contributed by atoms with Gasteiger partial charge in [0.1, 0.15) is 5.75 Å². The van der Waals surface area contributed by atoms with E-state index in [-0.39, 0.29) is 5.75 Å². The van der Waals surface area contributed by atoms with Crippen molar-refractivity contribution >= 4 is 10.0 Å². The second kappa shape index (κ2) is 7.15. The molecule has 0 spiro atoms. The number of hydrogen-bond donors (Lipinski definition) is 1. The van der Waals surface area contributed by atoms with Crippen molar-refractivity contribution in [2.75, 3.05) is 18.9 Å². The van der Waals surface area contributed by atoms with Crippen molar-refractivity contribution < 1.29 is 13.2 Å². The molecule has 0 aliphatic carbocycles. The van der Waals surface area contributed by atoms with Crippen molar-refractivity contribution in [1.29, 1.82) is 0 Å². The summed E-state index contributed by atoms with van der Waals surface area (Å²) in [5.41, 5.74) is 3.39. The predicted molar refractivity (Wildman–Crippen MR) is 91.3 cm³/mol. The van der Waals surface area contributed by atoms with Crippen LogP contribution in [0.25, 0.3) is 0 Å². The van der Waals surface area contributed by atoms with Gasteiger partial charge >= 0.3 is 0 Å². The zero-order valence-electron chi connectivity index (χ0n) is 13.0. The molecule has 1 aliphatic rings. The monoisotopic (exact) mass is 331 g/mol. The first-order chi connectivity index (χ1) is 11.1. The maximum atomic E-state index is 12.1. The molecule has 0 amide bonds. The van der Waals surface area contributed by atoms with Crippen LogP contribution in [0.5, 0.6) is 5.75 Å². The minimum atomic E-state index is -3.24. The van der Waals surface area contributed by atoms with Gasteiger partial charge in [-0.3, -0.25) is 0 Å². The van der Waals surface area contributed by atoms with Gasteiger partial charge in [0, 0.05) is 13.0 Å². The first-order valence-electron chi connectivity index (χ1n) is 7.88. The van der Waals surface area contributed by atoms with Crippen LogP contribution in [0.15, 0.2) is 48.5 Å². The van der Waals surface area contributed by atoms with E-state index in [1.54, 1.807) is 0 Å². The number of nitrogens with one attached hydrogen (secondary N) is 1. The summed E-state index contributed by atoms with van der Waals surface area (Å²) in [7, 11) is -3.24. The molecule has 0 saturated carbocycles. The number of benzene rings is 2. The molecule has 0 aromatic heterocycles. The molecule has 0 atom stereocenters. The van der Waals surface area contributed by atoms with Gasteiger partial charge in [-0.05, 0) is 35.6 Å². The summed E-state index contributed by atoms with van der Waals surface area (Å²) in [5, 5.41) is 0. The third-order valence-electron chi connectivity index (χ3n) is 3.99. The van der Waals surface area contributed by atoms with E-state index in [4.69, 9.17) is 4.74 Å². The van der Waals surface area contributed by atoms with Crippen LogP contribution in [-0.4, -0.2) is 27.3 Å². The van der Waals surface area contributed by atoms with Gasteiger partial charge < -0.3 is 4.74 Å². The highest BCUT2D eigenvalue weighted by atomic mass is 32.2. The number of fused-ring (bicyclic) bond motifs is 1. The fourth-order valence-electron chi connectivity index (χ4n) is 2.72. The second-order valence-corrected chi connectivity index (χ2v) is 7.67. The number of sulfonamides is 1. The van der Waals surface area contributed by atoms with Crippen LogP contribution in [0.2, 0.25) is 0 Å². The van der Waals surface area contributed by atoms with Crippen LogP contribution in [0.1, 0.15) is 16.7 Å². The van der Waals surface area contributed by atoms with Crippen LogP contribution >= 0.6 is 0 Å². The smallest absolute Gasteiger partial charge is 0.211 e. The van der Waals surface area contributed by atoms with Crippen molar-refractivity contribution in [3.8, 4) is 5.75 Å². The number of hydrogen-bond acceptors (Lipinski definition) is 3. The van der Waals surface area contributed by atoms with Gasteiger partial charge in [-0.1, -0.05) is 42.5 Å². The van der Waals surface area contributed by atoms with Crippen molar-refractivity contribution in [2.45, 2.75) is 19.3 Å². The van der Waals surface area contributed by atoms with Crippen LogP contribution in [0.3, 0.4) is 0 Å². The lowest BCUT2D eigenvalue weighted by atomic mass is 10.1. The molecule has 3 rings (SSSR count). The molecular weight excluding hydrogens is 310 g/mol. The molecule has 0 unspecified atom stereocenters. The summed E-state index contributed by atoms with van der Waals surface area (Å²) in [4.78, 5) is 0. The molecule has 0 radical (unpaired) electrons. The molecule has 4 nitrogen and oxygen atoms in total. The van der Waals surface area contributed by atoms with Gasteiger partial charge in [-0.15, -0.1) is 0 Å². The highest BCUT2D eigenvalue weighted by Crippen LogP contribution is 2.25. The van der Waals surface area contributed by atoms with Crippen molar-refractivity contribution in [3.63, 3.8) is 0 Å². The molecule has 1 aliphatic heterocycles. The highest BCUT2D eigenvalue weighted by Gasteiger charge is 2.13. The number of aryl methyl sites for hydroxylation is 1. The minimum Gasteiger partial charge on any atom is -0.493 e. The molecule has 1 heterocycles. The van der Waals surface area contributed by atoms with Crippen LogP contribution < -0.4 is 9.46 Å². The Hall–Kier alpha value is -1.85. The average Bonchev–Trinajstić information content (AvgIpc) is 3.02. The number of rotatable bonds is 7. The molecule has 1 N–H and O–H groups in total. The molecule has 0 saturated heterocycles. The molecule has 0 bridgehead atoms. The molecule has 5 heteroatoms. The van der Waals surface area contributed by atoms with Gasteiger partial charge in [-0.25, -0.2) is 13.1 Å². The van der Waals surface area contributed by atoms with Crippen LogP contribution in [0, 0.1) is 0 Å². The van der Waals surface area contributed by atoms with Crippen molar-refractivity contribution in [1.82, 2.24) is 4.72 Å². The average molecular weight is 331 g/mol. The van der Waals surface area contributed by atoms with Crippen molar-refractivity contribution in [3.05, 3.63) is 65.2 Å². The molecule has 0 fully saturated rings. The molecule has 2 aromatic rings. The third kappa shape index (κ3) is 4.56. The summed E-state index contributed by atoms with van der Waals surface area (Å²) in [6, 6.07) is 15.8. The zero-order valence-corrected chi connectivity index (χ0v) is 13.8. The Morgan fingerprint density at radius 2 is 1.83 bits per heavy atom. The summed E-state index contributed by atoms with van der Waals surface area (Å²) in [6.45, 7) is 1.17. The van der Waals surface area contributed by atoms with Crippen LogP contribution in [-0.2, 0) is 29.3 Å². The molecule has 122 valence electrons. The lowest BCUT2D eigenvalue weighted by Gasteiger charge is -2.08. The normalized spacial score (nSPS) is 13.6. The van der Waals surface area contributed by atoms with E-state index in [2.05, 4.69) is 10.8 Å². The third-order valence-corrected chi connectivity index (χ3v) is 5.38. The lowest BCUT2D eigenvalue weighted by molar-refractivity contribution is 0.357. The highest BCUT2D eigenvalue weighted by molar-refractivity contribution is 7.89. The van der Waals surface area contributed by atoms with E-state index in [0.29, 0.717) is 19.4 Å². The van der Waals surface area contributed by atoms with Crippen LogP contribution in [0.4, 0.5) is 0 Å². The number of ether oxygens (including phenoxy) is 1. The van der Waals surface area contributed by atoms with Gasteiger partial charge in [0.05, 0.1) is 12.4 Å². The lowest BCUT2D eigenvalue weighted by Crippen LogP contribution is -2.29. The maximum absolute atomic E-state index is 12.1. The second-order valence-electron chi connectivity index (χ2n) is 5.74. The van der Waals surface area contributed by atoms with E-state index < -0.39 is 10.0 Å². The molecular formula is C18H21NO3S. The van der Waals surface area contributed by atoms with E-state index >= 15 is 0 Å². The quantitative estimate of drug-likeness (QED) is 0.847. The van der Waals surface area contributed by atoms with E-state index in [0.717, 1.165) is 29.9 Å². The van der Waals surface area contributed by atoms with Gasteiger partial charge in [0.2, 0.25) is 10.0 Å². The first-order valence-corrected chi connectivity index (χ1v) is 9.53. The predicted octanol–water partition coefficient (Wildman–Crippen LogP) is 2.33. The maximum Gasteiger partial charge on any atom is 0.211 e. The Balaban J connectivity index is 1.47. The molecule has 2 aromatic carbocycles. The SMILES string of the molecule is O=S(=O)(CCc1ccccc1)NCCc1ccc2c(c1)CCO2. The topological polar surface area (TPSA) is 55.4 Å². The Labute approximate surface area is 137 Å². The van der Waals surface area contributed by atoms with E-state index in [1.165, 1.54) is 5.56 Å². The summed E-state index contributed by atoms with van der Waals surface area (Å²) < 4.78 is 32.3. The molecule has 23 heavy (non-hydrogen) atoms. The first kappa shape index (κ1) is 16.0. The van der Waals surface area contributed by atoms with Gasteiger partial charge in [0.15, 0.2) is 0 Å². The largest absolute Gasteiger partial charge is 0.493 e. The fourth-order valence-corrected chi connectivity index (χ4v) is 3.78. The Morgan fingerprint density at radius 3 is 2.65 bits per heavy atom. The van der Waals surface area contributed by atoms with Gasteiger partial charge in [-0.2, -0.15) is 0 Å². The fraction of sp³-hybridized carbons (Fsp3) is 0.333. The van der Waals surface area contributed by atoms with E-state index in [1.807, 2.05) is 42.5 Å². The summed E-state index contributed by atoms with van der Waals surface area (Å²) >= 11 is 0. The Bertz CT molecular complexity index is 757. The standard InChI is InChI=1S/C18H21NO3S/c20-23(21,13-10-15-4-2-1-3-5-15)19-11-8-16-6-7-18-17(14-16)9-12-22-18/h1-7,14,19H,8-13H2. The Kier molecular flexibility index (Phi) is 4.98. The van der Waals surface area contributed by atoms with E-state index in [9.17, 15) is 8.42 Å². The zero-order chi connectivity index (χ0) is 16.1. The summed E-state index contributed by atoms with van der Waals surface area (Å²) in [5.74, 6) is 1.08. The van der Waals surface area contributed by atoms with Gasteiger partial charge in [0.25, 0.3) is 0 Å². The summed E-state index contributed by atoms with van der Waals surface area (Å²) in [6.07, 6.45) is 2.16. The van der Waals surface area contributed by atoms with Crippen molar-refractivity contribution in [2.24, 2.45) is 0 Å². The Morgan fingerprint density at radius 1 is 1.00 bits per heavy atom. The minimum absolute atomic E-state index is 0.120.